The van der Waals surface area contributed by atoms with E-state index in [1.54, 1.807) is 25.1 Å². The van der Waals surface area contributed by atoms with Crippen molar-refractivity contribution in [3.05, 3.63) is 45.2 Å². The zero-order valence-corrected chi connectivity index (χ0v) is 12.3. The highest BCUT2D eigenvalue weighted by Gasteiger charge is 2.14. The maximum absolute atomic E-state index is 11.9. The lowest BCUT2D eigenvalue weighted by Crippen LogP contribution is -2.17. The molecule has 0 amide bonds. The van der Waals surface area contributed by atoms with Crippen molar-refractivity contribution in [3.8, 4) is 11.6 Å². The Morgan fingerprint density at radius 1 is 1.50 bits per heavy atom. The Morgan fingerprint density at radius 2 is 2.23 bits per heavy atom. The van der Waals surface area contributed by atoms with Crippen LogP contribution < -0.4 is 21.9 Å². The third kappa shape index (κ3) is 3.00. The Morgan fingerprint density at radius 3 is 2.82 bits per heavy atom. The van der Waals surface area contributed by atoms with Crippen LogP contribution in [-0.4, -0.2) is 27.9 Å². The van der Waals surface area contributed by atoms with E-state index in [9.17, 15) is 9.90 Å². The number of H-pyrrole nitrogens is 1. The van der Waals surface area contributed by atoms with Crippen LogP contribution in [0, 0.1) is 0 Å². The number of hydrazone groups is 1. The molecule has 0 unspecified atom stereocenters. The number of methoxy groups -OCH3 is 1. The highest BCUT2D eigenvalue weighted by molar-refractivity contribution is 5.98. The van der Waals surface area contributed by atoms with Gasteiger partial charge in [0.1, 0.15) is 5.75 Å². The number of aromatic hydroxyl groups is 1. The highest BCUT2D eigenvalue weighted by Crippen LogP contribution is 2.24. The number of anilines is 1. The summed E-state index contributed by atoms with van der Waals surface area (Å²) in [4.78, 5) is 17.9. The van der Waals surface area contributed by atoms with E-state index in [0.29, 0.717) is 17.0 Å². The monoisotopic (exact) mass is 303 g/mol. The van der Waals surface area contributed by atoms with Crippen molar-refractivity contribution in [2.45, 2.75) is 13.3 Å². The van der Waals surface area contributed by atoms with Gasteiger partial charge in [-0.05, 0) is 36.2 Å². The van der Waals surface area contributed by atoms with Gasteiger partial charge in [0, 0.05) is 6.42 Å². The smallest absolute Gasteiger partial charge is 0.259 e. The van der Waals surface area contributed by atoms with Crippen LogP contribution >= 0.6 is 0 Å². The largest absolute Gasteiger partial charge is 0.496 e. The molecule has 0 aliphatic carbocycles. The van der Waals surface area contributed by atoms with Crippen molar-refractivity contribution in [3.63, 3.8) is 0 Å². The molecule has 0 bridgehead atoms. The maximum Gasteiger partial charge on any atom is 0.259 e. The first-order chi connectivity index (χ1) is 10.5. The second kappa shape index (κ2) is 6.17. The molecular weight excluding hydrogens is 286 g/mol. The van der Waals surface area contributed by atoms with E-state index in [4.69, 9.17) is 16.3 Å². The van der Waals surface area contributed by atoms with Crippen molar-refractivity contribution in [2.24, 2.45) is 10.9 Å². The first-order valence-electron chi connectivity index (χ1n) is 6.45. The van der Waals surface area contributed by atoms with E-state index in [1.807, 2.05) is 0 Å². The van der Waals surface area contributed by atoms with E-state index in [-0.39, 0.29) is 17.9 Å². The molecule has 2 rings (SSSR count). The average Bonchev–Trinajstić information content (AvgIpc) is 2.49. The van der Waals surface area contributed by atoms with E-state index in [2.05, 4.69) is 15.1 Å². The van der Waals surface area contributed by atoms with Crippen LogP contribution in [0.1, 0.15) is 23.6 Å². The first-order valence-corrected chi connectivity index (χ1v) is 6.45. The minimum Gasteiger partial charge on any atom is -0.496 e. The van der Waals surface area contributed by atoms with Crippen LogP contribution in [0.2, 0.25) is 0 Å². The Labute approximate surface area is 126 Å². The van der Waals surface area contributed by atoms with Crippen LogP contribution in [0.3, 0.4) is 0 Å². The molecule has 0 saturated heterocycles. The van der Waals surface area contributed by atoms with E-state index in [1.165, 1.54) is 7.11 Å². The zero-order chi connectivity index (χ0) is 16.3. The van der Waals surface area contributed by atoms with Gasteiger partial charge in [0.2, 0.25) is 11.8 Å². The topological polar surface area (TPSA) is 140 Å². The van der Waals surface area contributed by atoms with Crippen LogP contribution in [0.25, 0.3) is 0 Å². The van der Waals surface area contributed by atoms with Crippen molar-refractivity contribution >= 4 is 11.7 Å². The number of hydrogen-bond acceptors (Lipinski definition) is 7. The molecule has 0 aliphatic rings. The molecule has 0 atom stereocenters. The minimum absolute atomic E-state index is 0.104. The number of rotatable bonds is 4. The lowest BCUT2D eigenvalue weighted by molar-refractivity contribution is 0.409. The number of nitrogens with two attached hydrogens (primary N) is 2. The van der Waals surface area contributed by atoms with Gasteiger partial charge in [0.05, 0.1) is 18.4 Å². The van der Waals surface area contributed by atoms with Crippen molar-refractivity contribution < 1.29 is 9.84 Å². The molecule has 8 nitrogen and oxygen atoms in total. The predicted molar refractivity (Wildman–Crippen MR) is 83.1 cm³/mol. The fourth-order valence-corrected chi connectivity index (χ4v) is 2.07. The summed E-state index contributed by atoms with van der Waals surface area (Å²) < 4.78 is 5.28. The Hall–Kier alpha value is -3.03. The summed E-state index contributed by atoms with van der Waals surface area (Å²) in [5, 5.41) is 13.5. The fourth-order valence-electron chi connectivity index (χ4n) is 2.07. The van der Waals surface area contributed by atoms with Gasteiger partial charge in [-0.15, -0.1) is 0 Å². The summed E-state index contributed by atoms with van der Waals surface area (Å²) in [5.41, 5.74) is 7.10. The highest BCUT2D eigenvalue weighted by atomic mass is 16.5. The van der Waals surface area contributed by atoms with Gasteiger partial charge in [0.15, 0.2) is 0 Å². The summed E-state index contributed by atoms with van der Waals surface area (Å²) in [6.07, 6.45) is 0.128. The first kappa shape index (κ1) is 15.4. The molecule has 6 N–H and O–H groups in total. The number of aromatic amines is 1. The standard InChI is InChI=1S/C14H17N5O3/c1-7(19-16)8-3-4-11(22-2)9(5-8)6-10-12(20)17-14(15)18-13(10)21/h3-5H,6,16H2,1-2H3,(H4,15,17,18,20,21). The molecule has 116 valence electrons. The quantitative estimate of drug-likeness (QED) is 0.365. The van der Waals surface area contributed by atoms with Crippen molar-refractivity contribution in [1.82, 2.24) is 9.97 Å². The number of nitrogens with zero attached hydrogens (tertiary/aromatic N) is 2. The molecule has 1 aromatic heterocycles. The second-order valence-electron chi connectivity index (χ2n) is 4.67. The summed E-state index contributed by atoms with van der Waals surface area (Å²) in [6, 6.07) is 5.34. The normalized spacial score (nSPS) is 11.5. The number of ether oxygens (including phenoxy) is 1. The van der Waals surface area contributed by atoms with Gasteiger partial charge >= 0.3 is 0 Å². The minimum atomic E-state index is -0.498. The van der Waals surface area contributed by atoms with Gasteiger partial charge in [0.25, 0.3) is 5.56 Å². The van der Waals surface area contributed by atoms with Crippen molar-refractivity contribution in [2.75, 3.05) is 12.8 Å². The van der Waals surface area contributed by atoms with E-state index >= 15 is 0 Å². The summed E-state index contributed by atoms with van der Waals surface area (Å²) in [6.45, 7) is 1.76. The number of benzene rings is 1. The lowest BCUT2D eigenvalue weighted by Gasteiger charge is -2.11. The molecule has 0 spiro atoms. The molecule has 22 heavy (non-hydrogen) atoms. The zero-order valence-electron chi connectivity index (χ0n) is 12.3. The fraction of sp³-hybridized carbons (Fsp3) is 0.214. The van der Waals surface area contributed by atoms with E-state index in [0.717, 1.165) is 5.56 Å². The molecule has 8 heteroatoms. The Kier molecular flexibility index (Phi) is 4.31. The summed E-state index contributed by atoms with van der Waals surface area (Å²) in [7, 11) is 1.52. The summed E-state index contributed by atoms with van der Waals surface area (Å²) >= 11 is 0. The number of nitrogens with one attached hydrogen (secondary N) is 1. The van der Waals surface area contributed by atoms with Gasteiger partial charge in [-0.1, -0.05) is 0 Å². The van der Waals surface area contributed by atoms with Gasteiger partial charge in [-0.2, -0.15) is 10.1 Å². The van der Waals surface area contributed by atoms with Gasteiger partial charge < -0.3 is 21.4 Å². The molecule has 0 saturated carbocycles. The number of hydrogen-bond donors (Lipinski definition) is 4. The van der Waals surface area contributed by atoms with Crippen LogP contribution in [0.5, 0.6) is 11.6 Å². The lowest BCUT2D eigenvalue weighted by atomic mass is 10.0. The maximum atomic E-state index is 11.9. The third-order valence-corrected chi connectivity index (χ3v) is 3.27. The Bertz CT molecular complexity index is 783. The average molecular weight is 303 g/mol. The molecule has 1 heterocycles. The summed E-state index contributed by atoms with van der Waals surface area (Å²) in [5.74, 6) is 5.31. The third-order valence-electron chi connectivity index (χ3n) is 3.27. The molecule has 0 aliphatic heterocycles. The molecular formula is C14H17N5O3. The van der Waals surface area contributed by atoms with Gasteiger partial charge in [-0.25, -0.2) is 0 Å². The van der Waals surface area contributed by atoms with Crippen molar-refractivity contribution in [1.29, 1.82) is 0 Å². The molecule has 0 radical (unpaired) electrons. The molecule has 2 aromatic rings. The van der Waals surface area contributed by atoms with Crippen LogP contribution in [-0.2, 0) is 6.42 Å². The molecule has 1 aromatic carbocycles. The number of aromatic nitrogens is 2. The molecule has 0 fully saturated rings. The number of nitrogen functional groups attached to an aromatic ring is 1. The van der Waals surface area contributed by atoms with E-state index < -0.39 is 11.4 Å². The Balaban J connectivity index is 2.51. The van der Waals surface area contributed by atoms with Gasteiger partial charge in [-0.3, -0.25) is 9.78 Å². The second-order valence-corrected chi connectivity index (χ2v) is 4.67. The van der Waals surface area contributed by atoms with Crippen LogP contribution in [0.4, 0.5) is 5.95 Å². The van der Waals surface area contributed by atoms with Crippen LogP contribution in [0.15, 0.2) is 28.1 Å². The SMILES string of the molecule is COc1ccc(C(C)=NN)cc1Cc1c(O)nc(N)[nH]c1=O. The predicted octanol–water partition coefficient (Wildman–Crippen LogP) is 0.340.